The second-order valence-electron chi connectivity index (χ2n) is 5.60. The lowest BCUT2D eigenvalue weighted by Gasteiger charge is -2.12. The van der Waals surface area contributed by atoms with E-state index in [0.29, 0.717) is 22.6 Å². The second kappa shape index (κ2) is 9.91. The summed E-state index contributed by atoms with van der Waals surface area (Å²) in [5.41, 5.74) is 4.51. The summed E-state index contributed by atoms with van der Waals surface area (Å²) in [5.74, 6) is -1.10. The van der Waals surface area contributed by atoms with Crippen molar-refractivity contribution >= 4 is 27.7 Å². The molecular formula is C19H20BrFN2O4. The Morgan fingerprint density at radius 1 is 1.07 bits per heavy atom. The number of methoxy groups -OCH3 is 1. The Balaban J connectivity index is 2.01. The molecule has 0 spiro atoms. The first-order chi connectivity index (χ1) is 13.0. The number of halogens is 2. The van der Waals surface area contributed by atoms with Gasteiger partial charge in [0.2, 0.25) is 0 Å². The Kier molecular flexibility index (Phi) is 7.60. The van der Waals surface area contributed by atoms with Crippen LogP contribution in [0.1, 0.15) is 40.5 Å². The first kappa shape index (κ1) is 20.7. The van der Waals surface area contributed by atoms with Crippen LogP contribution in [0.4, 0.5) is 4.39 Å². The summed E-state index contributed by atoms with van der Waals surface area (Å²) in [7, 11) is 1.47. The number of hydrazine groups is 1. The first-order valence-corrected chi connectivity index (χ1v) is 9.12. The molecule has 2 N–H and O–H groups in total. The number of rotatable bonds is 7. The van der Waals surface area contributed by atoms with Crippen LogP contribution in [-0.4, -0.2) is 25.5 Å². The number of nitrogens with one attached hydrogen (secondary N) is 2. The van der Waals surface area contributed by atoms with Crippen molar-refractivity contribution in [1.82, 2.24) is 10.9 Å². The molecule has 0 aliphatic rings. The van der Waals surface area contributed by atoms with E-state index in [9.17, 15) is 14.0 Å². The Morgan fingerprint density at radius 3 is 2.48 bits per heavy atom. The normalized spacial score (nSPS) is 10.2. The highest BCUT2D eigenvalue weighted by Crippen LogP contribution is 2.28. The highest BCUT2D eigenvalue weighted by Gasteiger charge is 2.15. The molecule has 0 aliphatic carbocycles. The predicted octanol–water partition coefficient (Wildman–Crippen LogP) is 3.85. The van der Waals surface area contributed by atoms with Crippen LogP contribution < -0.4 is 20.3 Å². The number of amides is 2. The molecule has 0 aromatic heterocycles. The van der Waals surface area contributed by atoms with E-state index in [0.717, 1.165) is 12.8 Å². The van der Waals surface area contributed by atoms with Gasteiger partial charge in [-0.3, -0.25) is 20.4 Å². The SMILES string of the molecule is CCCCOc1ccc(C(=O)NNC(=O)c2ccc(Br)cc2F)cc1OC. The minimum absolute atomic E-state index is 0.184. The molecule has 0 atom stereocenters. The molecular weight excluding hydrogens is 419 g/mol. The number of carbonyl (C=O) groups is 2. The third kappa shape index (κ3) is 5.68. The van der Waals surface area contributed by atoms with Gasteiger partial charge in [-0.15, -0.1) is 0 Å². The minimum Gasteiger partial charge on any atom is -0.493 e. The molecule has 0 radical (unpaired) electrons. The van der Waals surface area contributed by atoms with E-state index in [4.69, 9.17) is 9.47 Å². The van der Waals surface area contributed by atoms with E-state index in [2.05, 4.69) is 33.7 Å². The molecule has 0 fully saturated rings. The van der Waals surface area contributed by atoms with E-state index in [1.165, 1.54) is 31.4 Å². The van der Waals surface area contributed by atoms with Crippen molar-refractivity contribution in [3.8, 4) is 11.5 Å². The third-order valence-electron chi connectivity index (χ3n) is 3.65. The Bertz CT molecular complexity index is 829. The first-order valence-electron chi connectivity index (χ1n) is 8.32. The van der Waals surface area contributed by atoms with Gasteiger partial charge in [0.1, 0.15) is 5.82 Å². The number of benzene rings is 2. The van der Waals surface area contributed by atoms with E-state index >= 15 is 0 Å². The van der Waals surface area contributed by atoms with Crippen molar-refractivity contribution < 1.29 is 23.5 Å². The van der Waals surface area contributed by atoms with Gasteiger partial charge in [-0.1, -0.05) is 29.3 Å². The van der Waals surface area contributed by atoms with Crippen molar-refractivity contribution in [2.24, 2.45) is 0 Å². The maximum Gasteiger partial charge on any atom is 0.272 e. The van der Waals surface area contributed by atoms with Crippen LogP contribution in [0.3, 0.4) is 0 Å². The van der Waals surface area contributed by atoms with Gasteiger partial charge in [-0.2, -0.15) is 0 Å². The van der Waals surface area contributed by atoms with E-state index < -0.39 is 17.6 Å². The van der Waals surface area contributed by atoms with Crippen molar-refractivity contribution in [2.75, 3.05) is 13.7 Å². The van der Waals surface area contributed by atoms with Crippen LogP contribution in [0.25, 0.3) is 0 Å². The molecule has 0 saturated heterocycles. The molecule has 8 heteroatoms. The van der Waals surface area contributed by atoms with Gasteiger partial charge in [0.25, 0.3) is 11.8 Å². The molecule has 2 amide bonds. The van der Waals surface area contributed by atoms with Gasteiger partial charge in [-0.05, 0) is 42.8 Å². The van der Waals surface area contributed by atoms with Crippen molar-refractivity contribution in [3.63, 3.8) is 0 Å². The molecule has 0 aliphatic heterocycles. The van der Waals surface area contributed by atoms with Crippen LogP contribution in [0.2, 0.25) is 0 Å². The molecule has 27 heavy (non-hydrogen) atoms. The summed E-state index contributed by atoms with van der Waals surface area (Å²) in [5, 5.41) is 0. The highest BCUT2D eigenvalue weighted by molar-refractivity contribution is 9.10. The van der Waals surface area contributed by atoms with E-state index in [-0.39, 0.29) is 11.1 Å². The molecule has 144 valence electrons. The monoisotopic (exact) mass is 438 g/mol. The summed E-state index contributed by atoms with van der Waals surface area (Å²) >= 11 is 3.11. The topological polar surface area (TPSA) is 76.7 Å². The van der Waals surface area contributed by atoms with Crippen LogP contribution in [0, 0.1) is 5.82 Å². The lowest BCUT2D eigenvalue weighted by atomic mass is 10.2. The average Bonchev–Trinajstić information content (AvgIpc) is 2.66. The molecule has 0 unspecified atom stereocenters. The zero-order valence-corrected chi connectivity index (χ0v) is 16.6. The molecule has 2 rings (SSSR count). The maximum atomic E-state index is 13.8. The van der Waals surface area contributed by atoms with Gasteiger partial charge in [0.05, 0.1) is 19.3 Å². The van der Waals surface area contributed by atoms with Gasteiger partial charge < -0.3 is 9.47 Å². The van der Waals surface area contributed by atoms with Crippen LogP contribution in [-0.2, 0) is 0 Å². The van der Waals surface area contributed by atoms with Gasteiger partial charge >= 0.3 is 0 Å². The molecule has 2 aromatic rings. The van der Waals surface area contributed by atoms with Crippen molar-refractivity contribution in [1.29, 1.82) is 0 Å². The zero-order chi connectivity index (χ0) is 19.8. The number of hydrogen-bond acceptors (Lipinski definition) is 4. The number of hydrogen-bond donors (Lipinski definition) is 2. The molecule has 0 bridgehead atoms. The molecule has 2 aromatic carbocycles. The lowest BCUT2D eigenvalue weighted by Crippen LogP contribution is -2.41. The number of carbonyl (C=O) groups excluding carboxylic acids is 2. The summed E-state index contributed by atoms with van der Waals surface area (Å²) in [6.45, 7) is 2.61. The molecule has 6 nitrogen and oxygen atoms in total. The van der Waals surface area contributed by atoms with Crippen molar-refractivity contribution in [2.45, 2.75) is 19.8 Å². The quantitative estimate of drug-likeness (QED) is 0.508. The van der Waals surface area contributed by atoms with Crippen LogP contribution >= 0.6 is 15.9 Å². The largest absolute Gasteiger partial charge is 0.493 e. The summed E-state index contributed by atoms with van der Waals surface area (Å²) < 4.78 is 25.1. The van der Waals surface area contributed by atoms with Crippen LogP contribution in [0.5, 0.6) is 11.5 Å². The average molecular weight is 439 g/mol. The number of unbranched alkanes of at least 4 members (excludes halogenated alkanes) is 1. The molecule has 0 heterocycles. The van der Waals surface area contributed by atoms with Gasteiger partial charge in [-0.25, -0.2) is 4.39 Å². The fourth-order valence-electron chi connectivity index (χ4n) is 2.18. The number of ether oxygens (including phenoxy) is 2. The standard InChI is InChI=1S/C19H20BrFN2O4/c1-3-4-9-27-16-8-5-12(10-17(16)26-2)18(24)22-23-19(25)14-7-6-13(20)11-15(14)21/h5-8,10-11H,3-4,9H2,1-2H3,(H,22,24)(H,23,25). The Labute approximate surface area is 165 Å². The Morgan fingerprint density at radius 2 is 1.81 bits per heavy atom. The smallest absolute Gasteiger partial charge is 0.272 e. The minimum atomic E-state index is -0.764. The Hall–Kier alpha value is -2.61. The summed E-state index contributed by atoms with van der Waals surface area (Å²) in [6, 6.07) is 8.68. The lowest BCUT2D eigenvalue weighted by molar-refractivity contribution is 0.0844. The summed E-state index contributed by atoms with van der Waals surface area (Å²) in [4.78, 5) is 24.2. The fraction of sp³-hybridized carbons (Fsp3) is 0.263. The van der Waals surface area contributed by atoms with Crippen LogP contribution in [0.15, 0.2) is 40.9 Å². The predicted molar refractivity (Wildman–Crippen MR) is 102 cm³/mol. The van der Waals surface area contributed by atoms with Crippen molar-refractivity contribution in [3.05, 3.63) is 57.8 Å². The van der Waals surface area contributed by atoms with Gasteiger partial charge in [0.15, 0.2) is 11.5 Å². The fourth-order valence-corrected chi connectivity index (χ4v) is 2.51. The van der Waals surface area contributed by atoms with E-state index in [1.807, 2.05) is 0 Å². The van der Waals surface area contributed by atoms with Gasteiger partial charge in [0, 0.05) is 10.0 Å². The second-order valence-corrected chi connectivity index (χ2v) is 6.52. The molecule has 0 saturated carbocycles. The highest BCUT2D eigenvalue weighted by atomic mass is 79.9. The summed E-state index contributed by atoms with van der Waals surface area (Å²) in [6.07, 6.45) is 1.91. The maximum absolute atomic E-state index is 13.8. The van der Waals surface area contributed by atoms with E-state index in [1.54, 1.807) is 12.1 Å². The third-order valence-corrected chi connectivity index (χ3v) is 4.14. The zero-order valence-electron chi connectivity index (χ0n) is 15.0.